The number of benzene rings is 2. The second kappa shape index (κ2) is 9.69. The van der Waals surface area contributed by atoms with Crippen molar-refractivity contribution in [2.45, 2.75) is 6.42 Å². The first-order valence-electron chi connectivity index (χ1n) is 9.56. The van der Waals surface area contributed by atoms with Crippen molar-refractivity contribution < 1.29 is 4.79 Å². The van der Waals surface area contributed by atoms with Gasteiger partial charge in [0.05, 0.1) is 6.42 Å². The van der Waals surface area contributed by atoms with Gasteiger partial charge >= 0.3 is 0 Å². The number of halogens is 1. The molecule has 0 saturated heterocycles. The number of rotatable bonds is 7. The molecule has 2 aromatic heterocycles. The number of hydrogen-bond donors (Lipinski definition) is 3. The first-order chi connectivity index (χ1) is 15.2. The molecule has 4 aromatic rings. The molecule has 8 heteroatoms. The van der Waals surface area contributed by atoms with Crippen molar-refractivity contribution in [2.75, 3.05) is 16.0 Å². The van der Waals surface area contributed by atoms with E-state index in [0.29, 0.717) is 28.2 Å². The molecule has 1 amide bonds. The van der Waals surface area contributed by atoms with Gasteiger partial charge in [-0.3, -0.25) is 4.79 Å². The van der Waals surface area contributed by atoms with Crippen LogP contribution in [0.25, 0.3) is 0 Å². The van der Waals surface area contributed by atoms with Crippen LogP contribution in [0.15, 0.2) is 85.3 Å². The summed E-state index contributed by atoms with van der Waals surface area (Å²) in [7, 11) is 0. The van der Waals surface area contributed by atoms with Crippen LogP contribution in [0.3, 0.4) is 0 Å². The van der Waals surface area contributed by atoms with Crippen molar-refractivity contribution in [3.63, 3.8) is 0 Å². The second-order valence-corrected chi connectivity index (χ2v) is 7.05. The minimum atomic E-state index is -0.130. The summed E-state index contributed by atoms with van der Waals surface area (Å²) in [6.07, 6.45) is 3.39. The minimum Gasteiger partial charge on any atom is -0.340 e. The molecule has 7 nitrogen and oxygen atoms in total. The molecular formula is C23H19ClN6O. The van der Waals surface area contributed by atoms with Crippen LogP contribution in [-0.4, -0.2) is 20.9 Å². The van der Waals surface area contributed by atoms with Crippen LogP contribution in [0.5, 0.6) is 0 Å². The molecule has 0 bridgehead atoms. The molecule has 0 aliphatic rings. The lowest BCUT2D eigenvalue weighted by molar-refractivity contribution is -0.115. The number of hydrogen-bond acceptors (Lipinski definition) is 6. The fraction of sp³-hybridized carbons (Fsp3) is 0.0435. The van der Waals surface area contributed by atoms with E-state index in [4.69, 9.17) is 11.6 Å². The van der Waals surface area contributed by atoms with Crippen LogP contribution in [-0.2, 0) is 11.2 Å². The Bertz CT molecular complexity index is 1170. The van der Waals surface area contributed by atoms with E-state index < -0.39 is 0 Å². The number of anilines is 5. The van der Waals surface area contributed by atoms with Crippen LogP contribution in [0.4, 0.5) is 28.8 Å². The summed E-state index contributed by atoms with van der Waals surface area (Å²) in [5.74, 6) is 1.82. The summed E-state index contributed by atoms with van der Waals surface area (Å²) >= 11 is 6.12. The van der Waals surface area contributed by atoms with Crippen molar-refractivity contribution in [2.24, 2.45) is 0 Å². The summed E-state index contributed by atoms with van der Waals surface area (Å²) in [5, 5.41) is 9.80. The lowest BCUT2D eigenvalue weighted by Gasteiger charge is -2.10. The van der Waals surface area contributed by atoms with Gasteiger partial charge < -0.3 is 16.0 Å². The van der Waals surface area contributed by atoms with Crippen molar-refractivity contribution in [1.29, 1.82) is 0 Å². The van der Waals surface area contributed by atoms with Gasteiger partial charge in [0.1, 0.15) is 23.8 Å². The highest BCUT2D eigenvalue weighted by atomic mass is 35.5. The van der Waals surface area contributed by atoms with E-state index in [1.54, 1.807) is 18.3 Å². The molecule has 0 aliphatic carbocycles. The maximum Gasteiger partial charge on any atom is 0.228 e. The van der Waals surface area contributed by atoms with Crippen molar-refractivity contribution in [3.8, 4) is 0 Å². The number of pyridine rings is 1. The topological polar surface area (TPSA) is 91.8 Å². The molecule has 0 saturated carbocycles. The molecule has 3 N–H and O–H groups in total. The van der Waals surface area contributed by atoms with Crippen LogP contribution < -0.4 is 16.0 Å². The Labute approximate surface area is 184 Å². The first kappa shape index (κ1) is 20.3. The van der Waals surface area contributed by atoms with E-state index in [9.17, 15) is 4.79 Å². The number of amides is 1. The van der Waals surface area contributed by atoms with Gasteiger partial charge in [0.2, 0.25) is 5.91 Å². The van der Waals surface area contributed by atoms with Gasteiger partial charge in [-0.05, 0) is 48.0 Å². The Morgan fingerprint density at radius 1 is 0.774 bits per heavy atom. The number of carbonyl (C=O) groups excluding carboxylic acids is 1. The summed E-state index contributed by atoms with van der Waals surface area (Å²) in [5.41, 5.74) is 2.31. The summed E-state index contributed by atoms with van der Waals surface area (Å²) in [6.45, 7) is 0. The Hall–Kier alpha value is -3.97. The van der Waals surface area contributed by atoms with Gasteiger partial charge in [0.15, 0.2) is 0 Å². The minimum absolute atomic E-state index is 0.130. The maximum absolute atomic E-state index is 12.3. The molecular weight excluding hydrogens is 412 g/mol. The van der Waals surface area contributed by atoms with E-state index in [2.05, 4.69) is 30.9 Å². The maximum atomic E-state index is 12.3. The second-order valence-electron chi connectivity index (χ2n) is 6.65. The molecule has 0 aliphatic heterocycles. The molecule has 0 radical (unpaired) electrons. The average molecular weight is 431 g/mol. The zero-order chi connectivity index (χ0) is 21.5. The summed E-state index contributed by atoms with van der Waals surface area (Å²) in [4.78, 5) is 24.9. The van der Waals surface area contributed by atoms with Gasteiger partial charge in [-0.25, -0.2) is 15.0 Å². The molecule has 2 heterocycles. The lowest BCUT2D eigenvalue weighted by Crippen LogP contribution is -2.14. The van der Waals surface area contributed by atoms with Crippen molar-refractivity contribution in [1.82, 2.24) is 15.0 Å². The highest BCUT2D eigenvalue weighted by molar-refractivity contribution is 6.31. The zero-order valence-corrected chi connectivity index (χ0v) is 17.2. The van der Waals surface area contributed by atoms with Crippen molar-refractivity contribution in [3.05, 3.63) is 95.9 Å². The van der Waals surface area contributed by atoms with E-state index >= 15 is 0 Å². The Morgan fingerprint density at radius 3 is 2.23 bits per heavy atom. The third kappa shape index (κ3) is 5.77. The first-order valence-corrected chi connectivity index (χ1v) is 9.94. The average Bonchev–Trinajstić information content (AvgIpc) is 2.78. The third-order valence-corrected chi connectivity index (χ3v) is 4.71. The molecule has 4 rings (SSSR count). The smallest absolute Gasteiger partial charge is 0.228 e. The number of nitrogens with one attached hydrogen (secondary N) is 3. The van der Waals surface area contributed by atoms with E-state index in [1.165, 1.54) is 6.33 Å². The summed E-state index contributed by atoms with van der Waals surface area (Å²) < 4.78 is 0. The highest BCUT2D eigenvalue weighted by Crippen LogP contribution is 2.21. The fourth-order valence-electron chi connectivity index (χ4n) is 2.87. The molecule has 2 aromatic carbocycles. The SMILES string of the molecule is O=C(Cc1ccccc1Cl)Nc1ccc(Nc2cc(Nc3ccccn3)ncn2)cc1. The standard InChI is InChI=1S/C23H19ClN6O/c24-19-6-2-1-5-16(19)13-23(31)29-18-10-8-17(9-11-18)28-21-14-22(27-15-26-21)30-20-7-3-4-12-25-20/h1-12,14-15H,13H2,(H,29,31)(H2,25,26,27,28,30). The fourth-order valence-corrected chi connectivity index (χ4v) is 3.07. The van der Waals surface area contributed by atoms with E-state index in [-0.39, 0.29) is 12.3 Å². The Kier molecular flexibility index (Phi) is 6.35. The highest BCUT2D eigenvalue weighted by Gasteiger charge is 2.07. The number of carbonyl (C=O) groups is 1. The monoisotopic (exact) mass is 430 g/mol. The van der Waals surface area contributed by atoms with E-state index in [1.807, 2.05) is 60.7 Å². The Morgan fingerprint density at radius 2 is 1.48 bits per heavy atom. The molecule has 0 unspecified atom stereocenters. The quantitative estimate of drug-likeness (QED) is 0.373. The molecule has 154 valence electrons. The number of aromatic nitrogens is 3. The zero-order valence-electron chi connectivity index (χ0n) is 16.4. The molecule has 31 heavy (non-hydrogen) atoms. The van der Waals surface area contributed by atoms with Crippen LogP contribution >= 0.6 is 11.6 Å². The predicted octanol–water partition coefficient (Wildman–Crippen LogP) is 5.19. The van der Waals surface area contributed by atoms with Crippen LogP contribution in [0, 0.1) is 0 Å². The molecule has 0 spiro atoms. The summed E-state index contributed by atoms with van der Waals surface area (Å²) in [6, 6.07) is 22.1. The van der Waals surface area contributed by atoms with Gasteiger partial charge in [-0.1, -0.05) is 35.9 Å². The van der Waals surface area contributed by atoms with Gasteiger partial charge in [-0.2, -0.15) is 0 Å². The van der Waals surface area contributed by atoms with Crippen LogP contribution in [0.2, 0.25) is 5.02 Å². The van der Waals surface area contributed by atoms with E-state index in [0.717, 1.165) is 11.3 Å². The van der Waals surface area contributed by atoms with Gasteiger partial charge in [0.25, 0.3) is 0 Å². The molecule has 0 fully saturated rings. The lowest BCUT2D eigenvalue weighted by atomic mass is 10.1. The third-order valence-electron chi connectivity index (χ3n) is 4.34. The molecule has 0 atom stereocenters. The predicted molar refractivity (Wildman–Crippen MR) is 123 cm³/mol. The number of nitrogens with zero attached hydrogens (tertiary/aromatic N) is 3. The van der Waals surface area contributed by atoms with Crippen molar-refractivity contribution >= 4 is 46.3 Å². The largest absolute Gasteiger partial charge is 0.340 e. The normalized spacial score (nSPS) is 10.4. The van der Waals surface area contributed by atoms with Crippen LogP contribution in [0.1, 0.15) is 5.56 Å². The van der Waals surface area contributed by atoms with Gasteiger partial charge in [-0.15, -0.1) is 0 Å². The Balaban J connectivity index is 1.36. The van der Waals surface area contributed by atoms with Gasteiger partial charge in [0, 0.05) is 28.7 Å².